The largest absolute Gasteiger partial charge is 0.486 e. The highest BCUT2D eigenvalue weighted by Crippen LogP contribution is 2.41. The molecule has 0 aliphatic heterocycles. The summed E-state index contributed by atoms with van der Waals surface area (Å²) in [6, 6.07) is 13.8. The van der Waals surface area contributed by atoms with Crippen molar-refractivity contribution in [1.82, 2.24) is 0 Å². The van der Waals surface area contributed by atoms with Gasteiger partial charge in [0.15, 0.2) is 5.78 Å². The van der Waals surface area contributed by atoms with Gasteiger partial charge in [0, 0.05) is 16.5 Å². The van der Waals surface area contributed by atoms with Crippen LogP contribution in [0.3, 0.4) is 0 Å². The van der Waals surface area contributed by atoms with Crippen LogP contribution in [0.5, 0.6) is 17.2 Å². The van der Waals surface area contributed by atoms with Crippen LogP contribution in [0, 0.1) is 0 Å². The fraction of sp³-hybridized carbons (Fsp3) is 0.342. The molecule has 0 atom stereocenters. The number of benzene rings is 4. The van der Waals surface area contributed by atoms with Gasteiger partial charge in [0.05, 0.1) is 4.90 Å². The fourth-order valence-corrected chi connectivity index (χ4v) is 8.57. The molecule has 0 unspecified atom stereocenters. The molecule has 19 heteroatoms. The Balaban J connectivity index is 1.81. The Morgan fingerprint density at radius 1 is 0.526 bits per heavy atom. The number of ketones is 1. The van der Waals surface area contributed by atoms with Gasteiger partial charge in [-0.1, -0.05) is 65.8 Å². The predicted octanol–water partition coefficient (Wildman–Crippen LogP) is 7.28. The summed E-state index contributed by atoms with van der Waals surface area (Å²) in [6.45, 7) is 13.8. The Labute approximate surface area is 333 Å². The van der Waals surface area contributed by atoms with Crippen LogP contribution in [0.2, 0.25) is 0 Å². The summed E-state index contributed by atoms with van der Waals surface area (Å²) in [5.74, 6) is -2.32. The molecule has 15 nitrogen and oxygen atoms in total. The molecular formula is C38H44O15S4. The van der Waals surface area contributed by atoms with Gasteiger partial charge in [0.1, 0.15) is 37.5 Å². The van der Waals surface area contributed by atoms with Crippen LogP contribution in [0.4, 0.5) is 0 Å². The molecule has 0 radical (unpaired) electrons. The van der Waals surface area contributed by atoms with Crippen molar-refractivity contribution in [1.29, 1.82) is 0 Å². The molecule has 4 rings (SSSR count). The molecule has 4 aromatic rings. The molecule has 4 aromatic carbocycles. The minimum absolute atomic E-state index is 0.120. The van der Waals surface area contributed by atoms with Crippen LogP contribution in [0.15, 0.2) is 92.4 Å². The van der Waals surface area contributed by atoms with Crippen molar-refractivity contribution >= 4 is 46.3 Å². The average molecular weight is 869 g/mol. The quantitative estimate of drug-likeness (QED) is 0.0677. The summed E-state index contributed by atoms with van der Waals surface area (Å²) >= 11 is 0. The summed E-state index contributed by atoms with van der Waals surface area (Å²) in [7, 11) is -20.0. The molecule has 0 saturated heterocycles. The van der Waals surface area contributed by atoms with Crippen LogP contribution in [0.1, 0.15) is 101 Å². The molecule has 0 amide bonds. The van der Waals surface area contributed by atoms with Gasteiger partial charge in [-0.05, 0) is 97.3 Å². The van der Waals surface area contributed by atoms with E-state index in [0.717, 1.165) is 36.4 Å². The van der Waals surface area contributed by atoms with Crippen molar-refractivity contribution in [2.45, 2.75) is 104 Å². The number of carbonyl (C=O) groups excluding carboxylic acids is 1. The first-order valence-corrected chi connectivity index (χ1v) is 23.0. The molecule has 57 heavy (non-hydrogen) atoms. The summed E-state index contributed by atoms with van der Waals surface area (Å²) in [5.41, 5.74) is -2.68. The maximum Gasteiger partial charge on any atom is 0.298 e. The van der Waals surface area contributed by atoms with Gasteiger partial charge in [-0.15, -0.1) is 0 Å². The van der Waals surface area contributed by atoms with E-state index >= 15 is 0 Å². The lowest BCUT2D eigenvalue weighted by atomic mass is 9.78. The number of rotatable bonds is 15. The number of hydrogen-bond donors (Lipinski definition) is 4. The van der Waals surface area contributed by atoms with Crippen LogP contribution in [0.25, 0.3) is 0 Å². The SMILES string of the molecule is CCC(C)(C)Oc1ccc(C(C)(C)c2ccc(Oc3ccc(C(=O)c4ccc(C(C)(C)CC)c(S(=O)(=O)O)c4)cc3S(=O)(=O)O)c(S(=O)(=O)O)c2)cc1S(=O)(=O)O. The van der Waals surface area contributed by atoms with Crippen LogP contribution in [-0.4, -0.2) is 63.3 Å². The normalized spacial score (nSPS) is 13.3. The zero-order valence-electron chi connectivity index (χ0n) is 32.3. The molecule has 0 saturated carbocycles. The monoisotopic (exact) mass is 868 g/mol. The second-order valence-corrected chi connectivity index (χ2v) is 20.7. The van der Waals surface area contributed by atoms with Crippen molar-refractivity contribution in [2.75, 3.05) is 0 Å². The van der Waals surface area contributed by atoms with E-state index < -0.39 is 93.8 Å². The molecule has 0 bridgehead atoms. The Morgan fingerprint density at radius 2 is 0.912 bits per heavy atom. The smallest absolute Gasteiger partial charge is 0.298 e. The highest BCUT2D eigenvalue weighted by atomic mass is 32.2. The first-order valence-electron chi connectivity index (χ1n) is 17.2. The Morgan fingerprint density at radius 3 is 1.35 bits per heavy atom. The topological polar surface area (TPSA) is 253 Å². The van der Waals surface area contributed by atoms with Gasteiger partial charge < -0.3 is 9.47 Å². The molecule has 0 spiro atoms. The summed E-state index contributed by atoms with van der Waals surface area (Å²) < 4.78 is 152. The van der Waals surface area contributed by atoms with Crippen LogP contribution >= 0.6 is 0 Å². The van der Waals surface area contributed by atoms with Gasteiger partial charge in [0.2, 0.25) is 0 Å². The minimum atomic E-state index is -5.21. The minimum Gasteiger partial charge on any atom is -0.486 e. The van der Waals surface area contributed by atoms with E-state index in [4.69, 9.17) is 9.47 Å². The lowest BCUT2D eigenvalue weighted by molar-refractivity contribution is 0.101. The third kappa shape index (κ3) is 10.1. The van der Waals surface area contributed by atoms with Crippen molar-refractivity contribution in [3.63, 3.8) is 0 Å². The third-order valence-electron chi connectivity index (χ3n) is 9.96. The predicted molar refractivity (Wildman–Crippen MR) is 209 cm³/mol. The van der Waals surface area contributed by atoms with Gasteiger partial charge in [-0.2, -0.15) is 33.7 Å². The maximum atomic E-state index is 13.5. The van der Waals surface area contributed by atoms with E-state index in [1.54, 1.807) is 48.5 Å². The molecular weight excluding hydrogens is 825 g/mol. The van der Waals surface area contributed by atoms with Crippen molar-refractivity contribution in [2.24, 2.45) is 0 Å². The van der Waals surface area contributed by atoms with Gasteiger partial charge in [0.25, 0.3) is 40.5 Å². The Kier molecular flexibility index (Phi) is 12.4. The van der Waals surface area contributed by atoms with Crippen LogP contribution < -0.4 is 9.47 Å². The maximum absolute atomic E-state index is 13.5. The van der Waals surface area contributed by atoms with E-state index in [-0.39, 0.29) is 33.6 Å². The van der Waals surface area contributed by atoms with Crippen LogP contribution in [-0.2, 0) is 51.3 Å². The van der Waals surface area contributed by atoms with E-state index in [0.29, 0.717) is 12.8 Å². The van der Waals surface area contributed by atoms with Gasteiger partial charge >= 0.3 is 0 Å². The number of hydrogen-bond acceptors (Lipinski definition) is 11. The zero-order valence-corrected chi connectivity index (χ0v) is 35.5. The summed E-state index contributed by atoms with van der Waals surface area (Å²) in [5, 5.41) is 0. The van der Waals surface area contributed by atoms with Crippen molar-refractivity contribution < 1.29 is 66.2 Å². The molecule has 4 N–H and O–H groups in total. The molecule has 310 valence electrons. The molecule has 0 aliphatic carbocycles. The molecule has 0 aromatic heterocycles. The zero-order chi connectivity index (χ0) is 43.3. The second kappa shape index (κ2) is 15.5. The summed E-state index contributed by atoms with van der Waals surface area (Å²) in [4.78, 5) is 10.6. The lowest BCUT2D eigenvalue weighted by Crippen LogP contribution is -2.28. The third-order valence-corrected chi connectivity index (χ3v) is 13.5. The van der Waals surface area contributed by atoms with E-state index in [9.17, 15) is 56.7 Å². The number of carbonyl (C=O) groups is 1. The van der Waals surface area contributed by atoms with Gasteiger partial charge in [-0.3, -0.25) is 23.0 Å². The lowest BCUT2D eigenvalue weighted by Gasteiger charge is -2.29. The highest BCUT2D eigenvalue weighted by Gasteiger charge is 2.33. The van der Waals surface area contributed by atoms with Crippen molar-refractivity contribution in [3.8, 4) is 17.2 Å². The standard InChI is InChI=1S/C38H44O15S4/c1-9-36(3,4)27-15-11-23(19-31(27)54(40,41)42)35(39)24-12-16-28(32(20-24)55(43,44)45)52-29-17-13-25(21-33(29)56(46,47)48)38(7,8)26-14-18-30(53-37(5,6)10-2)34(22-26)57(49,50)51/h11-22H,9-10H2,1-8H3,(H,40,41,42)(H,43,44,45)(H,46,47,48)(H,49,50,51). The van der Waals surface area contributed by atoms with E-state index in [1.807, 2.05) is 6.92 Å². The molecule has 0 fully saturated rings. The Hall–Kier alpha value is -4.21. The first-order chi connectivity index (χ1) is 25.8. The fourth-order valence-electron chi connectivity index (χ4n) is 5.75. The summed E-state index contributed by atoms with van der Waals surface area (Å²) in [6.07, 6.45) is 0.972. The van der Waals surface area contributed by atoms with Crippen molar-refractivity contribution in [3.05, 3.63) is 101 Å². The first kappa shape index (κ1) is 45.5. The molecule has 0 aliphatic rings. The van der Waals surface area contributed by atoms with E-state index in [1.165, 1.54) is 36.4 Å². The Bertz CT molecular complexity index is 2700. The number of ether oxygens (including phenoxy) is 2. The molecule has 0 heterocycles. The highest BCUT2D eigenvalue weighted by molar-refractivity contribution is 7.86. The van der Waals surface area contributed by atoms with Gasteiger partial charge in [-0.25, -0.2) is 0 Å². The average Bonchev–Trinajstić information content (AvgIpc) is 3.09. The van der Waals surface area contributed by atoms with E-state index in [2.05, 4.69) is 0 Å². The second-order valence-electron chi connectivity index (χ2n) is 15.1.